The van der Waals surface area contributed by atoms with Crippen LogP contribution in [0.25, 0.3) is 0 Å². The van der Waals surface area contributed by atoms with Gasteiger partial charge in [0.05, 0.1) is 22.3 Å². The number of amides is 1. The summed E-state index contributed by atoms with van der Waals surface area (Å²) < 4.78 is 0. The summed E-state index contributed by atoms with van der Waals surface area (Å²) in [7, 11) is 0. The molecule has 1 atom stereocenters. The predicted molar refractivity (Wildman–Crippen MR) is 81.4 cm³/mol. The van der Waals surface area contributed by atoms with Gasteiger partial charge in [-0.2, -0.15) is 0 Å². The molecule has 0 saturated carbocycles. The molecular formula is C12H16Cl3N3O. The van der Waals surface area contributed by atoms with E-state index in [9.17, 15) is 4.79 Å². The quantitative estimate of drug-likeness (QED) is 0.897. The molecule has 1 heterocycles. The number of likely N-dealkylation sites (tertiary alicyclic amines) is 1. The number of carbonyl (C=O) groups is 1. The largest absolute Gasteiger partial charge is 0.326 e. The molecule has 1 fully saturated rings. The second-order valence-corrected chi connectivity index (χ2v) is 5.24. The molecule has 1 aromatic rings. The lowest BCUT2D eigenvalue weighted by molar-refractivity contribution is -0.117. The Morgan fingerprint density at radius 2 is 2.05 bits per heavy atom. The minimum atomic E-state index is -0.126. The molecule has 1 aromatic carbocycles. The van der Waals surface area contributed by atoms with Crippen molar-refractivity contribution in [2.75, 3.05) is 25.0 Å². The van der Waals surface area contributed by atoms with Crippen LogP contribution in [0, 0.1) is 0 Å². The average molecular weight is 325 g/mol. The number of para-hydroxylation sites is 1. The number of hydrogen-bond acceptors (Lipinski definition) is 3. The number of halogens is 3. The molecule has 1 amide bonds. The zero-order chi connectivity index (χ0) is 13.1. The van der Waals surface area contributed by atoms with Gasteiger partial charge in [0.1, 0.15) is 0 Å². The zero-order valence-electron chi connectivity index (χ0n) is 10.2. The number of nitrogens with one attached hydrogen (secondary N) is 1. The first-order valence-corrected chi connectivity index (χ1v) is 6.53. The van der Waals surface area contributed by atoms with E-state index in [-0.39, 0.29) is 24.4 Å². The van der Waals surface area contributed by atoms with E-state index < -0.39 is 0 Å². The zero-order valence-corrected chi connectivity index (χ0v) is 12.6. The fourth-order valence-electron chi connectivity index (χ4n) is 2.01. The van der Waals surface area contributed by atoms with Crippen LogP contribution < -0.4 is 11.1 Å². The average Bonchev–Trinajstić information content (AvgIpc) is 2.69. The van der Waals surface area contributed by atoms with E-state index in [0.29, 0.717) is 22.3 Å². The van der Waals surface area contributed by atoms with Gasteiger partial charge in [-0.25, -0.2) is 0 Å². The molecule has 106 valence electrons. The Balaban J connectivity index is 0.00000180. The topological polar surface area (TPSA) is 58.4 Å². The molecule has 0 aromatic heterocycles. The summed E-state index contributed by atoms with van der Waals surface area (Å²) in [5, 5.41) is 3.61. The first kappa shape index (κ1) is 16.5. The molecule has 3 N–H and O–H groups in total. The molecule has 19 heavy (non-hydrogen) atoms. The lowest BCUT2D eigenvalue weighted by atomic mass is 10.3. The molecule has 0 bridgehead atoms. The van der Waals surface area contributed by atoms with Crippen molar-refractivity contribution in [2.24, 2.45) is 5.73 Å². The minimum Gasteiger partial charge on any atom is -0.326 e. The van der Waals surface area contributed by atoms with Gasteiger partial charge in [0.2, 0.25) is 5.91 Å². The van der Waals surface area contributed by atoms with E-state index in [1.807, 2.05) is 4.90 Å². The van der Waals surface area contributed by atoms with Gasteiger partial charge < -0.3 is 11.1 Å². The number of anilines is 1. The monoisotopic (exact) mass is 323 g/mol. The van der Waals surface area contributed by atoms with Crippen LogP contribution >= 0.6 is 35.6 Å². The van der Waals surface area contributed by atoms with Crippen molar-refractivity contribution in [1.29, 1.82) is 0 Å². The number of carbonyl (C=O) groups excluding carboxylic acids is 1. The van der Waals surface area contributed by atoms with Crippen LogP contribution in [-0.2, 0) is 4.79 Å². The Kier molecular flexibility index (Phi) is 6.36. The van der Waals surface area contributed by atoms with Crippen LogP contribution in [0.4, 0.5) is 5.69 Å². The van der Waals surface area contributed by atoms with Crippen LogP contribution in [0.15, 0.2) is 18.2 Å². The van der Waals surface area contributed by atoms with Crippen LogP contribution in [-0.4, -0.2) is 36.5 Å². The molecule has 1 saturated heterocycles. The van der Waals surface area contributed by atoms with Crippen molar-refractivity contribution < 1.29 is 4.79 Å². The van der Waals surface area contributed by atoms with E-state index in [1.54, 1.807) is 18.2 Å². The molecular weight excluding hydrogens is 309 g/mol. The summed E-state index contributed by atoms with van der Waals surface area (Å²) in [6.07, 6.45) is 0.931. The lowest BCUT2D eigenvalue weighted by Crippen LogP contribution is -2.33. The summed E-state index contributed by atoms with van der Waals surface area (Å²) >= 11 is 12.0. The number of nitrogens with two attached hydrogens (primary N) is 1. The number of nitrogens with zero attached hydrogens (tertiary/aromatic N) is 1. The highest BCUT2D eigenvalue weighted by atomic mass is 35.5. The lowest BCUT2D eigenvalue weighted by Gasteiger charge is -2.15. The number of hydrogen-bond donors (Lipinski definition) is 2. The van der Waals surface area contributed by atoms with Gasteiger partial charge in [0.25, 0.3) is 0 Å². The van der Waals surface area contributed by atoms with Gasteiger partial charge in [-0.15, -0.1) is 12.4 Å². The Labute approximate surface area is 128 Å². The molecule has 0 aliphatic carbocycles. The Morgan fingerprint density at radius 3 is 2.58 bits per heavy atom. The fraction of sp³-hybridized carbons (Fsp3) is 0.417. The first-order chi connectivity index (χ1) is 8.56. The number of rotatable bonds is 3. The standard InChI is InChI=1S/C12H15Cl2N3O.ClH/c13-9-2-1-3-10(14)12(9)16-11(18)7-17-5-4-8(15)6-17;/h1-3,8H,4-7,15H2,(H,16,18);1H/t8-;/m1./s1. The van der Waals surface area contributed by atoms with Gasteiger partial charge in [-0.1, -0.05) is 29.3 Å². The summed E-state index contributed by atoms with van der Waals surface area (Å²) in [6, 6.07) is 5.28. The molecule has 1 aliphatic heterocycles. The first-order valence-electron chi connectivity index (χ1n) is 5.78. The van der Waals surface area contributed by atoms with Crippen molar-refractivity contribution in [3.8, 4) is 0 Å². The minimum absolute atomic E-state index is 0. The third-order valence-corrected chi connectivity index (χ3v) is 3.53. The van der Waals surface area contributed by atoms with Crippen LogP contribution in [0.5, 0.6) is 0 Å². The highest BCUT2D eigenvalue weighted by molar-refractivity contribution is 6.39. The molecule has 0 spiro atoms. The summed E-state index contributed by atoms with van der Waals surface area (Å²) in [6.45, 7) is 1.92. The molecule has 7 heteroatoms. The second-order valence-electron chi connectivity index (χ2n) is 4.43. The van der Waals surface area contributed by atoms with E-state index in [2.05, 4.69) is 5.32 Å². The van der Waals surface area contributed by atoms with E-state index in [4.69, 9.17) is 28.9 Å². The van der Waals surface area contributed by atoms with Gasteiger partial charge in [0.15, 0.2) is 0 Å². The second kappa shape index (κ2) is 7.31. The Morgan fingerprint density at radius 1 is 1.42 bits per heavy atom. The Hall–Kier alpha value is -0.520. The van der Waals surface area contributed by atoms with Crippen LogP contribution in [0.1, 0.15) is 6.42 Å². The van der Waals surface area contributed by atoms with Gasteiger partial charge in [-0.05, 0) is 18.6 Å². The Bertz CT molecular complexity index is 436. The van der Waals surface area contributed by atoms with Gasteiger partial charge >= 0.3 is 0 Å². The fourth-order valence-corrected chi connectivity index (χ4v) is 2.50. The normalized spacial score (nSPS) is 19.0. The van der Waals surface area contributed by atoms with Crippen molar-refractivity contribution in [1.82, 2.24) is 4.90 Å². The van der Waals surface area contributed by atoms with Crippen molar-refractivity contribution in [2.45, 2.75) is 12.5 Å². The third kappa shape index (κ3) is 4.51. The molecule has 0 radical (unpaired) electrons. The number of benzene rings is 1. The van der Waals surface area contributed by atoms with Gasteiger partial charge in [0, 0.05) is 19.1 Å². The maximum atomic E-state index is 11.9. The van der Waals surface area contributed by atoms with E-state index in [1.165, 1.54) is 0 Å². The molecule has 2 rings (SSSR count). The highest BCUT2D eigenvalue weighted by Crippen LogP contribution is 2.29. The van der Waals surface area contributed by atoms with Crippen molar-refractivity contribution in [3.63, 3.8) is 0 Å². The smallest absolute Gasteiger partial charge is 0.238 e. The van der Waals surface area contributed by atoms with E-state index >= 15 is 0 Å². The molecule has 4 nitrogen and oxygen atoms in total. The predicted octanol–water partition coefficient (Wildman–Crippen LogP) is 2.39. The van der Waals surface area contributed by atoms with Crippen LogP contribution in [0.2, 0.25) is 10.0 Å². The molecule has 0 unspecified atom stereocenters. The SMILES string of the molecule is Cl.N[C@@H]1CCN(CC(=O)Nc2c(Cl)cccc2Cl)C1. The van der Waals surface area contributed by atoms with E-state index in [0.717, 1.165) is 19.5 Å². The summed E-state index contributed by atoms with van der Waals surface area (Å²) in [4.78, 5) is 13.9. The van der Waals surface area contributed by atoms with Crippen molar-refractivity contribution in [3.05, 3.63) is 28.2 Å². The summed E-state index contributed by atoms with van der Waals surface area (Å²) in [5.74, 6) is -0.126. The highest BCUT2D eigenvalue weighted by Gasteiger charge is 2.21. The third-order valence-electron chi connectivity index (χ3n) is 2.90. The van der Waals surface area contributed by atoms with Crippen molar-refractivity contribution >= 4 is 47.2 Å². The molecule has 1 aliphatic rings. The maximum absolute atomic E-state index is 11.9. The van der Waals surface area contributed by atoms with Crippen LogP contribution in [0.3, 0.4) is 0 Å². The van der Waals surface area contributed by atoms with Gasteiger partial charge in [-0.3, -0.25) is 9.69 Å². The summed E-state index contributed by atoms with van der Waals surface area (Å²) in [5.41, 5.74) is 6.25. The maximum Gasteiger partial charge on any atom is 0.238 e.